The Morgan fingerprint density at radius 2 is 1.88 bits per heavy atom. The summed E-state index contributed by atoms with van der Waals surface area (Å²) < 4.78 is 26.8. The molecule has 1 aromatic carbocycles. The van der Waals surface area contributed by atoms with E-state index in [-0.39, 0.29) is 5.75 Å². The first-order valence-electron chi connectivity index (χ1n) is 9.08. The van der Waals surface area contributed by atoms with Crippen molar-refractivity contribution in [2.75, 3.05) is 30.7 Å². The highest BCUT2D eigenvalue weighted by Gasteiger charge is 2.27. The van der Waals surface area contributed by atoms with E-state index in [2.05, 4.69) is 15.3 Å². The fraction of sp³-hybridized carbons (Fsp3) is 0.474. The Morgan fingerprint density at radius 1 is 1.15 bits per heavy atom. The predicted molar refractivity (Wildman–Crippen MR) is 103 cm³/mol. The number of aromatic nitrogens is 2. The third-order valence-corrected chi connectivity index (χ3v) is 6.67. The van der Waals surface area contributed by atoms with E-state index in [1.165, 1.54) is 0 Å². The summed E-state index contributed by atoms with van der Waals surface area (Å²) >= 11 is 0. The Kier molecular flexibility index (Phi) is 6.21. The number of aryl methyl sites for hydroxylation is 2. The molecule has 1 N–H and O–H groups in total. The average Bonchev–Trinajstić information content (AvgIpc) is 2.66. The van der Waals surface area contributed by atoms with Crippen LogP contribution in [0.5, 0.6) is 0 Å². The van der Waals surface area contributed by atoms with Gasteiger partial charge in [-0.15, -0.1) is 0 Å². The van der Waals surface area contributed by atoms with Gasteiger partial charge in [0.05, 0.1) is 5.75 Å². The van der Waals surface area contributed by atoms with Crippen molar-refractivity contribution in [1.29, 1.82) is 0 Å². The molecule has 0 aliphatic carbocycles. The molecule has 1 aliphatic heterocycles. The van der Waals surface area contributed by atoms with Crippen LogP contribution in [0.1, 0.15) is 24.1 Å². The number of sulfonamides is 1. The Hall–Kier alpha value is -1.99. The van der Waals surface area contributed by atoms with Gasteiger partial charge in [-0.2, -0.15) is 0 Å². The zero-order chi connectivity index (χ0) is 18.4. The lowest BCUT2D eigenvalue weighted by Gasteiger charge is -2.31. The number of anilines is 1. The molecular weight excluding hydrogens is 348 g/mol. The second-order valence-electron chi connectivity index (χ2n) is 6.80. The van der Waals surface area contributed by atoms with Gasteiger partial charge in [-0.25, -0.2) is 22.7 Å². The number of hydrogen-bond donors (Lipinski definition) is 1. The predicted octanol–water partition coefficient (Wildman–Crippen LogP) is 2.48. The highest BCUT2D eigenvalue weighted by atomic mass is 32.2. The van der Waals surface area contributed by atoms with E-state index in [0.29, 0.717) is 31.4 Å². The molecule has 0 atom stereocenters. The van der Waals surface area contributed by atoms with Crippen LogP contribution in [0.4, 0.5) is 5.95 Å². The zero-order valence-electron chi connectivity index (χ0n) is 15.1. The van der Waals surface area contributed by atoms with Crippen LogP contribution in [-0.2, 0) is 16.4 Å². The molecule has 0 saturated carbocycles. The summed E-state index contributed by atoms with van der Waals surface area (Å²) in [4.78, 5) is 8.54. The number of piperidine rings is 1. The largest absolute Gasteiger partial charge is 0.354 e. The van der Waals surface area contributed by atoms with Gasteiger partial charge in [-0.05, 0) is 43.7 Å². The van der Waals surface area contributed by atoms with Crippen LogP contribution in [0, 0.1) is 12.8 Å². The fourth-order valence-corrected chi connectivity index (χ4v) is 4.70. The number of hydrogen-bond acceptors (Lipinski definition) is 5. The van der Waals surface area contributed by atoms with E-state index in [1.807, 2.05) is 43.3 Å². The van der Waals surface area contributed by atoms with Gasteiger partial charge in [-0.3, -0.25) is 0 Å². The van der Waals surface area contributed by atoms with E-state index in [1.54, 1.807) is 10.5 Å². The molecule has 26 heavy (non-hydrogen) atoms. The van der Waals surface area contributed by atoms with Gasteiger partial charge >= 0.3 is 0 Å². The maximum Gasteiger partial charge on any atom is 0.222 e. The maximum absolute atomic E-state index is 12.6. The van der Waals surface area contributed by atoms with Crippen molar-refractivity contribution in [1.82, 2.24) is 14.3 Å². The van der Waals surface area contributed by atoms with Gasteiger partial charge in [0.15, 0.2) is 0 Å². The number of nitrogens with one attached hydrogen (secondary N) is 1. The molecule has 0 spiro atoms. The van der Waals surface area contributed by atoms with Gasteiger partial charge in [0.1, 0.15) is 0 Å². The van der Waals surface area contributed by atoms with Crippen molar-refractivity contribution in [2.45, 2.75) is 26.2 Å². The second-order valence-corrected chi connectivity index (χ2v) is 8.89. The van der Waals surface area contributed by atoms with Crippen molar-refractivity contribution >= 4 is 16.0 Å². The minimum absolute atomic E-state index is 0.178. The van der Waals surface area contributed by atoms with Crippen molar-refractivity contribution in [3.63, 3.8) is 0 Å². The first-order chi connectivity index (χ1) is 12.5. The topological polar surface area (TPSA) is 75.2 Å². The van der Waals surface area contributed by atoms with Crippen LogP contribution >= 0.6 is 0 Å². The molecule has 1 aliphatic rings. The summed E-state index contributed by atoms with van der Waals surface area (Å²) in [5.74, 6) is 1.26. The lowest BCUT2D eigenvalue weighted by atomic mass is 9.98. The van der Waals surface area contributed by atoms with Gasteiger partial charge in [-0.1, -0.05) is 30.3 Å². The third kappa shape index (κ3) is 5.25. The zero-order valence-corrected chi connectivity index (χ0v) is 16.0. The van der Waals surface area contributed by atoms with Gasteiger partial charge in [0.25, 0.3) is 0 Å². The van der Waals surface area contributed by atoms with Crippen LogP contribution in [0.2, 0.25) is 0 Å². The second kappa shape index (κ2) is 8.60. The lowest BCUT2D eigenvalue weighted by molar-refractivity contribution is 0.282. The number of rotatable bonds is 7. The summed E-state index contributed by atoms with van der Waals surface area (Å²) in [6.07, 6.45) is 4.04. The molecule has 6 nitrogen and oxygen atoms in total. The number of benzene rings is 1. The first kappa shape index (κ1) is 18.8. The Morgan fingerprint density at radius 3 is 2.58 bits per heavy atom. The molecule has 140 valence electrons. The molecule has 1 saturated heterocycles. The molecule has 0 bridgehead atoms. The Bertz CT molecular complexity index is 803. The monoisotopic (exact) mass is 374 g/mol. The first-order valence-corrected chi connectivity index (χ1v) is 10.7. The Labute approximate surface area is 155 Å². The van der Waals surface area contributed by atoms with Crippen LogP contribution in [-0.4, -0.2) is 48.1 Å². The molecule has 1 fully saturated rings. The van der Waals surface area contributed by atoms with Crippen LogP contribution in [0.25, 0.3) is 0 Å². The lowest BCUT2D eigenvalue weighted by Crippen LogP contribution is -2.41. The standard InChI is InChI=1S/C19H26N4O2S/c1-16-7-11-20-19(22-16)21-15-18-8-12-23(13-9-18)26(24,25)14-10-17-5-3-2-4-6-17/h2-7,11,18H,8-10,12-15H2,1H3,(H,20,21,22). The normalized spacial score (nSPS) is 16.5. The van der Waals surface area contributed by atoms with Gasteiger partial charge < -0.3 is 5.32 Å². The van der Waals surface area contributed by atoms with E-state index in [0.717, 1.165) is 30.6 Å². The molecule has 0 radical (unpaired) electrons. The highest BCUT2D eigenvalue weighted by molar-refractivity contribution is 7.89. The molecule has 0 unspecified atom stereocenters. The molecule has 2 aromatic rings. The molecule has 3 rings (SSSR count). The van der Waals surface area contributed by atoms with E-state index in [9.17, 15) is 8.42 Å². The van der Waals surface area contributed by atoms with Crippen molar-refractivity contribution in [2.24, 2.45) is 5.92 Å². The molecule has 1 aromatic heterocycles. The molecular formula is C19H26N4O2S. The van der Waals surface area contributed by atoms with Gasteiger partial charge in [0.2, 0.25) is 16.0 Å². The minimum atomic E-state index is -3.19. The smallest absolute Gasteiger partial charge is 0.222 e. The van der Waals surface area contributed by atoms with Crippen LogP contribution < -0.4 is 5.32 Å². The highest BCUT2D eigenvalue weighted by Crippen LogP contribution is 2.20. The summed E-state index contributed by atoms with van der Waals surface area (Å²) in [6, 6.07) is 11.6. The SMILES string of the molecule is Cc1ccnc(NCC2CCN(S(=O)(=O)CCc3ccccc3)CC2)n1. The van der Waals surface area contributed by atoms with E-state index < -0.39 is 10.0 Å². The summed E-state index contributed by atoms with van der Waals surface area (Å²) in [6.45, 7) is 3.91. The average molecular weight is 375 g/mol. The fourth-order valence-electron chi connectivity index (χ4n) is 3.18. The summed E-state index contributed by atoms with van der Waals surface area (Å²) in [7, 11) is -3.19. The molecule has 7 heteroatoms. The minimum Gasteiger partial charge on any atom is -0.354 e. The van der Waals surface area contributed by atoms with Crippen LogP contribution in [0.15, 0.2) is 42.6 Å². The van der Waals surface area contributed by atoms with Gasteiger partial charge in [0, 0.05) is 31.5 Å². The van der Waals surface area contributed by atoms with Crippen molar-refractivity contribution < 1.29 is 8.42 Å². The molecule has 2 heterocycles. The summed E-state index contributed by atoms with van der Waals surface area (Å²) in [5.41, 5.74) is 2.00. The maximum atomic E-state index is 12.6. The molecule has 0 amide bonds. The number of nitrogens with zero attached hydrogens (tertiary/aromatic N) is 3. The quantitative estimate of drug-likeness (QED) is 0.806. The van der Waals surface area contributed by atoms with Crippen molar-refractivity contribution in [3.05, 3.63) is 53.9 Å². The Balaban J connectivity index is 1.45. The summed E-state index contributed by atoms with van der Waals surface area (Å²) in [5, 5.41) is 3.27. The third-order valence-electron chi connectivity index (χ3n) is 4.80. The van der Waals surface area contributed by atoms with Crippen LogP contribution in [0.3, 0.4) is 0 Å². The van der Waals surface area contributed by atoms with Crippen molar-refractivity contribution in [3.8, 4) is 0 Å². The van der Waals surface area contributed by atoms with E-state index >= 15 is 0 Å². The van der Waals surface area contributed by atoms with E-state index in [4.69, 9.17) is 0 Å².